The molecule has 0 aromatic carbocycles. The van der Waals surface area contributed by atoms with Crippen molar-refractivity contribution >= 4 is 0 Å². The molecule has 8 nitrogen and oxygen atoms in total. The highest BCUT2D eigenvalue weighted by Gasteiger charge is 2.16. The molecule has 0 saturated carbocycles. The molecule has 0 unspecified atom stereocenters. The summed E-state index contributed by atoms with van der Waals surface area (Å²) in [7, 11) is 3.25. The molecule has 0 bridgehead atoms. The molecule has 0 fully saturated rings. The monoisotopic (exact) mass is 361 g/mol. The zero-order chi connectivity index (χ0) is 17.7. The maximum atomic E-state index is 8.26. The van der Waals surface area contributed by atoms with Gasteiger partial charge in [0.2, 0.25) is 0 Å². The van der Waals surface area contributed by atoms with Crippen LogP contribution < -0.4 is 0 Å². The number of methoxy groups -OCH3 is 1. The Hall–Kier alpha value is -0.320. The van der Waals surface area contributed by atoms with Crippen LogP contribution in [0.1, 0.15) is 27.7 Å². The van der Waals surface area contributed by atoms with E-state index in [-0.39, 0.29) is 24.2 Å². The van der Waals surface area contributed by atoms with Gasteiger partial charge in [0.05, 0.1) is 65.8 Å². The molecule has 24 heavy (non-hydrogen) atoms. The molecular formula is C16H43NO7. The Kier molecular flexibility index (Phi) is 44.4. The maximum Gasteiger partial charge on any atom is 0.0757 e. The summed E-state index contributed by atoms with van der Waals surface area (Å²) in [5.74, 6) is 0. The molecule has 0 aromatic heterocycles. The van der Waals surface area contributed by atoms with E-state index in [0.29, 0.717) is 26.4 Å². The molecule has 5 N–H and O–H groups in total. The fourth-order valence-corrected chi connectivity index (χ4v) is 1.79. The first-order chi connectivity index (χ1) is 10.6. The van der Waals surface area contributed by atoms with Crippen LogP contribution in [0.5, 0.6) is 0 Å². The minimum atomic E-state index is 0. The quantitative estimate of drug-likeness (QED) is 0.398. The summed E-state index contributed by atoms with van der Waals surface area (Å²) < 4.78 is 15.3. The van der Waals surface area contributed by atoms with E-state index in [1.807, 2.05) is 0 Å². The van der Waals surface area contributed by atoms with Crippen molar-refractivity contribution in [2.45, 2.75) is 27.7 Å². The summed E-state index contributed by atoms with van der Waals surface area (Å²) in [6, 6.07) is 0. The van der Waals surface area contributed by atoms with Gasteiger partial charge < -0.3 is 39.9 Å². The van der Waals surface area contributed by atoms with Crippen LogP contribution in [0.2, 0.25) is 0 Å². The first-order valence-electron chi connectivity index (χ1n) is 8.20. The highest BCUT2D eigenvalue weighted by atomic mass is 16.5. The Bertz CT molecular complexity index is 156. The highest BCUT2D eigenvalue weighted by molar-refractivity contribution is 4.31. The van der Waals surface area contributed by atoms with Crippen molar-refractivity contribution in [3.63, 3.8) is 0 Å². The number of rotatable bonds is 11. The van der Waals surface area contributed by atoms with E-state index in [1.165, 1.54) is 30.7 Å². The van der Waals surface area contributed by atoms with Gasteiger partial charge >= 0.3 is 0 Å². The van der Waals surface area contributed by atoms with Gasteiger partial charge in [0.25, 0.3) is 0 Å². The number of hydrogen-bond acceptors (Lipinski definition) is 6. The van der Waals surface area contributed by atoms with Gasteiger partial charge in [-0.1, -0.05) is 0 Å². The van der Waals surface area contributed by atoms with Crippen molar-refractivity contribution < 1.29 is 39.9 Å². The van der Waals surface area contributed by atoms with Gasteiger partial charge in [-0.05, 0) is 27.7 Å². The zero-order valence-corrected chi connectivity index (χ0v) is 16.6. The summed E-state index contributed by atoms with van der Waals surface area (Å²) in [6.45, 7) is 16.0. The molecule has 0 atom stereocenters. The van der Waals surface area contributed by atoms with Gasteiger partial charge in [0, 0.05) is 14.2 Å². The van der Waals surface area contributed by atoms with Crippen molar-refractivity contribution in [3.8, 4) is 0 Å². The van der Waals surface area contributed by atoms with Crippen molar-refractivity contribution in [2.75, 3.05) is 80.0 Å². The Morgan fingerprint density at radius 1 is 0.667 bits per heavy atom. The second kappa shape index (κ2) is 30.5. The van der Waals surface area contributed by atoms with Crippen LogP contribution in [0.15, 0.2) is 0 Å². The van der Waals surface area contributed by atoms with Crippen molar-refractivity contribution in [2.24, 2.45) is 0 Å². The van der Waals surface area contributed by atoms with Gasteiger partial charge in [0.15, 0.2) is 0 Å². The summed E-state index contributed by atoms with van der Waals surface area (Å²) in [6.07, 6.45) is 0. The minimum Gasteiger partial charge on any atom is -0.870 e. The first kappa shape index (κ1) is 34.9. The number of nitrogens with zero attached hydrogens (tertiary/aromatic N) is 1. The van der Waals surface area contributed by atoms with Gasteiger partial charge in [0.1, 0.15) is 0 Å². The number of ether oxygens (including phenoxy) is 3. The lowest BCUT2D eigenvalue weighted by molar-refractivity contribution is -0.921. The van der Waals surface area contributed by atoms with Crippen LogP contribution in [-0.2, 0) is 14.2 Å². The van der Waals surface area contributed by atoms with Crippen LogP contribution in [-0.4, -0.2) is 106 Å². The standard InChI is InChI=1S/C8H20N.C6H14O4.C2H6O.2H2O/c1-5-9(6-2,7-3)8-4;7-1-3-9-5-6-10-4-2-8;1-3-2;;/h5-8H2,1-4H3;7-8H,1-6H2;1-2H3;2*1H2/q+1;;;;/p-1. The first-order valence-corrected chi connectivity index (χ1v) is 8.20. The third kappa shape index (κ3) is 26.6. The lowest BCUT2D eigenvalue weighted by atomic mass is 10.3. The molecular weight excluding hydrogens is 318 g/mol. The molecule has 0 saturated heterocycles. The van der Waals surface area contributed by atoms with Gasteiger partial charge in [-0.25, -0.2) is 0 Å². The van der Waals surface area contributed by atoms with Crippen LogP contribution in [0.25, 0.3) is 0 Å². The highest BCUT2D eigenvalue weighted by Crippen LogP contribution is 2.03. The molecule has 0 rings (SSSR count). The molecule has 0 amide bonds. The maximum absolute atomic E-state index is 8.26. The molecule has 0 aliphatic heterocycles. The molecule has 0 aromatic rings. The second-order valence-electron chi connectivity index (χ2n) is 4.69. The normalized spacial score (nSPS) is 9.50. The van der Waals surface area contributed by atoms with E-state index in [1.54, 1.807) is 14.2 Å². The van der Waals surface area contributed by atoms with E-state index in [4.69, 9.17) is 19.7 Å². The number of aliphatic hydroxyl groups excluding tert-OH is 2. The average Bonchev–Trinajstić information content (AvgIpc) is 2.55. The van der Waals surface area contributed by atoms with Crippen molar-refractivity contribution in [3.05, 3.63) is 0 Å². The fraction of sp³-hybridized carbons (Fsp3) is 1.00. The second-order valence-corrected chi connectivity index (χ2v) is 4.69. The van der Waals surface area contributed by atoms with Crippen LogP contribution in [0.3, 0.4) is 0 Å². The van der Waals surface area contributed by atoms with Crippen LogP contribution in [0.4, 0.5) is 0 Å². The topological polar surface area (TPSA) is 130 Å². The number of hydrogen-bond donors (Lipinski definition) is 2. The smallest absolute Gasteiger partial charge is 0.0757 e. The van der Waals surface area contributed by atoms with Gasteiger partial charge in [-0.15, -0.1) is 0 Å². The third-order valence-electron chi connectivity index (χ3n) is 3.53. The SMILES string of the molecule is CC[N+](CC)(CC)CC.COC.O.OCCOCCOCCO.[OH-]. The molecule has 154 valence electrons. The molecule has 8 heteroatoms. The average molecular weight is 362 g/mol. The van der Waals surface area contributed by atoms with E-state index in [0.717, 1.165) is 0 Å². The third-order valence-corrected chi connectivity index (χ3v) is 3.53. The minimum absolute atomic E-state index is 0. The number of aliphatic hydroxyl groups is 2. The Labute approximate surface area is 148 Å². The lowest BCUT2D eigenvalue weighted by Crippen LogP contribution is -2.47. The predicted octanol–water partition coefficient (Wildman–Crippen LogP) is 0.148. The Morgan fingerprint density at radius 2 is 0.917 bits per heavy atom. The number of quaternary nitrogens is 1. The van der Waals surface area contributed by atoms with Crippen molar-refractivity contribution in [1.82, 2.24) is 0 Å². The fourth-order valence-electron chi connectivity index (χ4n) is 1.79. The van der Waals surface area contributed by atoms with Crippen LogP contribution in [0, 0.1) is 0 Å². The largest absolute Gasteiger partial charge is 0.870 e. The molecule has 0 aliphatic rings. The van der Waals surface area contributed by atoms with E-state index >= 15 is 0 Å². The van der Waals surface area contributed by atoms with E-state index in [2.05, 4.69) is 32.4 Å². The summed E-state index contributed by atoms with van der Waals surface area (Å²) >= 11 is 0. The lowest BCUT2D eigenvalue weighted by Gasteiger charge is -2.34. The van der Waals surface area contributed by atoms with Gasteiger partial charge in [-0.2, -0.15) is 0 Å². The molecule has 0 spiro atoms. The summed E-state index contributed by atoms with van der Waals surface area (Å²) in [5.41, 5.74) is 0. The van der Waals surface area contributed by atoms with E-state index in [9.17, 15) is 0 Å². The molecule has 0 aliphatic carbocycles. The molecule has 0 heterocycles. The van der Waals surface area contributed by atoms with Crippen molar-refractivity contribution in [1.29, 1.82) is 0 Å². The Morgan fingerprint density at radius 3 is 1.04 bits per heavy atom. The zero-order valence-electron chi connectivity index (χ0n) is 16.6. The molecule has 0 radical (unpaired) electrons. The summed E-state index contributed by atoms with van der Waals surface area (Å²) in [5, 5.41) is 16.5. The summed E-state index contributed by atoms with van der Waals surface area (Å²) in [4.78, 5) is 0. The van der Waals surface area contributed by atoms with Gasteiger partial charge in [-0.3, -0.25) is 0 Å². The van der Waals surface area contributed by atoms with Crippen LogP contribution >= 0.6 is 0 Å². The predicted molar refractivity (Wildman–Crippen MR) is 96.7 cm³/mol. The Balaban J connectivity index is -0.0000000805. The van der Waals surface area contributed by atoms with E-state index < -0.39 is 0 Å².